The third-order valence-corrected chi connectivity index (χ3v) is 8.05. The number of hydrogen-bond donors (Lipinski definition) is 3. The molecule has 3 aromatic carbocycles. The summed E-state index contributed by atoms with van der Waals surface area (Å²) in [5.41, 5.74) is 5.62. The van der Waals surface area contributed by atoms with Crippen molar-refractivity contribution >= 4 is 40.4 Å². The zero-order valence-corrected chi connectivity index (χ0v) is 23.3. The van der Waals surface area contributed by atoms with E-state index in [9.17, 15) is 14.4 Å². The summed E-state index contributed by atoms with van der Waals surface area (Å²) in [5.74, 6) is -0.839. The lowest BCUT2D eigenvalue weighted by molar-refractivity contribution is -0.110. The molecular formula is C32H34N4O4. The molecule has 1 aliphatic carbocycles. The number of methoxy groups -OCH3 is 1. The number of nitrogens with one attached hydrogen (secondary N) is 3. The van der Waals surface area contributed by atoms with Crippen molar-refractivity contribution in [3.63, 3.8) is 0 Å². The Balaban J connectivity index is 1.44. The third kappa shape index (κ3) is 5.10. The highest BCUT2D eigenvalue weighted by Gasteiger charge is 2.39. The second-order valence-electron chi connectivity index (χ2n) is 10.6. The minimum absolute atomic E-state index is 0.0437. The lowest BCUT2D eigenvalue weighted by atomic mass is 9.75. The molecule has 0 saturated heterocycles. The molecule has 2 amide bonds. The summed E-state index contributed by atoms with van der Waals surface area (Å²) < 4.78 is 4.90. The lowest BCUT2D eigenvalue weighted by Gasteiger charge is -2.47. The molecule has 206 valence electrons. The number of likely N-dealkylation sites (N-methyl/N-ethyl adjacent to an activating group) is 1. The van der Waals surface area contributed by atoms with E-state index in [-0.39, 0.29) is 17.4 Å². The standard InChI is InChI=1S/C32H34N4O4/c1-20-17-25-26(18-24(20)31(39)40-4)35-30(38)27(25)28(21-9-6-5-7-10-21)34-23-13-11-22(12-14-23)29(37)33-19-32(36(2)3)15-8-16-32/h5-7,9-14,17-18,34H,8,15-16,19H2,1-4H3,(H,33,37)(H,35,38)/b28-27-. The summed E-state index contributed by atoms with van der Waals surface area (Å²) in [7, 11) is 5.46. The number of carbonyl (C=O) groups excluding carboxylic acids is 3. The van der Waals surface area contributed by atoms with E-state index in [1.165, 1.54) is 13.5 Å². The van der Waals surface area contributed by atoms with Gasteiger partial charge in [0.15, 0.2) is 0 Å². The van der Waals surface area contributed by atoms with E-state index in [0.29, 0.717) is 45.8 Å². The van der Waals surface area contributed by atoms with Crippen molar-refractivity contribution in [1.82, 2.24) is 10.2 Å². The van der Waals surface area contributed by atoms with Crippen LogP contribution >= 0.6 is 0 Å². The molecule has 0 aromatic heterocycles. The monoisotopic (exact) mass is 538 g/mol. The molecule has 5 rings (SSSR count). The van der Waals surface area contributed by atoms with Crippen LogP contribution in [0.1, 0.15) is 56.7 Å². The maximum atomic E-state index is 13.3. The number of hydrogen-bond acceptors (Lipinski definition) is 6. The average molecular weight is 539 g/mol. The molecule has 0 bridgehead atoms. The van der Waals surface area contributed by atoms with E-state index in [1.54, 1.807) is 18.2 Å². The number of amides is 2. The van der Waals surface area contributed by atoms with E-state index in [2.05, 4.69) is 34.9 Å². The quantitative estimate of drug-likeness (QED) is 0.278. The first-order chi connectivity index (χ1) is 19.2. The number of fused-ring (bicyclic) bond motifs is 1. The van der Waals surface area contributed by atoms with Gasteiger partial charge < -0.3 is 25.6 Å². The third-order valence-electron chi connectivity index (χ3n) is 8.05. The Labute approximate surface area is 234 Å². The Morgan fingerprint density at radius 3 is 2.30 bits per heavy atom. The van der Waals surface area contributed by atoms with Gasteiger partial charge in [-0.2, -0.15) is 0 Å². The van der Waals surface area contributed by atoms with Crippen molar-refractivity contribution in [2.45, 2.75) is 31.7 Å². The molecule has 1 aliphatic heterocycles. The van der Waals surface area contributed by atoms with Gasteiger partial charge in [0, 0.05) is 28.9 Å². The summed E-state index contributed by atoms with van der Waals surface area (Å²) in [5, 5.41) is 9.41. The molecule has 8 nitrogen and oxygen atoms in total. The summed E-state index contributed by atoms with van der Waals surface area (Å²) in [6.07, 6.45) is 3.35. The highest BCUT2D eigenvalue weighted by Crippen LogP contribution is 2.39. The fourth-order valence-corrected chi connectivity index (χ4v) is 5.35. The molecule has 3 aromatic rings. The van der Waals surface area contributed by atoms with Crippen molar-refractivity contribution in [3.05, 3.63) is 94.5 Å². The minimum Gasteiger partial charge on any atom is -0.465 e. The van der Waals surface area contributed by atoms with E-state index < -0.39 is 5.97 Å². The normalized spacial score (nSPS) is 16.5. The number of anilines is 2. The first-order valence-corrected chi connectivity index (χ1v) is 13.4. The fourth-order valence-electron chi connectivity index (χ4n) is 5.35. The van der Waals surface area contributed by atoms with Gasteiger partial charge in [0.2, 0.25) is 0 Å². The van der Waals surface area contributed by atoms with E-state index in [0.717, 1.165) is 24.1 Å². The Morgan fingerprint density at radius 2 is 1.70 bits per heavy atom. The Bertz CT molecular complexity index is 1490. The van der Waals surface area contributed by atoms with Gasteiger partial charge in [0.25, 0.3) is 11.8 Å². The number of nitrogens with zero attached hydrogens (tertiary/aromatic N) is 1. The van der Waals surface area contributed by atoms with Crippen LogP contribution < -0.4 is 16.0 Å². The Hall–Kier alpha value is -4.43. The molecular weight excluding hydrogens is 504 g/mol. The zero-order chi connectivity index (χ0) is 28.4. The predicted molar refractivity (Wildman–Crippen MR) is 157 cm³/mol. The van der Waals surface area contributed by atoms with Crippen LogP contribution in [-0.4, -0.2) is 56.0 Å². The highest BCUT2D eigenvalue weighted by molar-refractivity contribution is 6.37. The predicted octanol–water partition coefficient (Wildman–Crippen LogP) is 4.93. The largest absolute Gasteiger partial charge is 0.465 e. The lowest BCUT2D eigenvalue weighted by Crippen LogP contribution is -2.57. The second-order valence-corrected chi connectivity index (χ2v) is 10.6. The van der Waals surface area contributed by atoms with Crippen LogP contribution in [-0.2, 0) is 9.53 Å². The number of carbonyl (C=O) groups is 3. The van der Waals surface area contributed by atoms with Crippen LogP contribution in [0.25, 0.3) is 11.3 Å². The number of benzene rings is 3. The van der Waals surface area contributed by atoms with Crippen LogP contribution in [0.2, 0.25) is 0 Å². The SMILES string of the molecule is COC(=O)c1cc2c(cc1C)/C(=C(/Nc1ccc(C(=O)NCC3(N(C)C)CCC3)cc1)c1ccccc1)C(=O)N2. The van der Waals surface area contributed by atoms with E-state index in [1.807, 2.05) is 55.5 Å². The smallest absolute Gasteiger partial charge is 0.338 e. The molecule has 0 spiro atoms. The molecule has 40 heavy (non-hydrogen) atoms. The van der Waals surface area contributed by atoms with Crippen molar-refractivity contribution in [1.29, 1.82) is 0 Å². The summed E-state index contributed by atoms with van der Waals surface area (Å²) in [4.78, 5) is 40.6. The van der Waals surface area contributed by atoms with Crippen molar-refractivity contribution < 1.29 is 19.1 Å². The number of ether oxygens (including phenoxy) is 1. The second kappa shape index (κ2) is 11.0. The van der Waals surface area contributed by atoms with Crippen LogP contribution in [0.4, 0.5) is 11.4 Å². The van der Waals surface area contributed by atoms with Gasteiger partial charge >= 0.3 is 5.97 Å². The maximum Gasteiger partial charge on any atom is 0.338 e. The van der Waals surface area contributed by atoms with Crippen LogP contribution in [0.3, 0.4) is 0 Å². The van der Waals surface area contributed by atoms with E-state index >= 15 is 0 Å². The van der Waals surface area contributed by atoms with Gasteiger partial charge in [-0.25, -0.2) is 4.79 Å². The van der Waals surface area contributed by atoms with Crippen LogP contribution in [0, 0.1) is 6.92 Å². The maximum absolute atomic E-state index is 13.3. The summed E-state index contributed by atoms with van der Waals surface area (Å²) >= 11 is 0. The van der Waals surface area contributed by atoms with E-state index in [4.69, 9.17) is 4.74 Å². The number of esters is 1. The summed E-state index contributed by atoms with van der Waals surface area (Å²) in [6.45, 7) is 2.44. The average Bonchev–Trinajstić information content (AvgIpc) is 3.24. The van der Waals surface area contributed by atoms with Gasteiger partial charge in [-0.05, 0) is 87.8 Å². The molecule has 0 radical (unpaired) electrons. The van der Waals surface area contributed by atoms with Crippen molar-refractivity contribution in [2.75, 3.05) is 38.4 Å². The first-order valence-electron chi connectivity index (χ1n) is 13.4. The van der Waals surface area contributed by atoms with Crippen LogP contribution in [0.15, 0.2) is 66.7 Å². The number of aryl methyl sites for hydroxylation is 1. The zero-order valence-electron chi connectivity index (χ0n) is 23.3. The molecule has 0 atom stereocenters. The van der Waals surface area contributed by atoms with Crippen molar-refractivity contribution in [2.24, 2.45) is 0 Å². The van der Waals surface area contributed by atoms with Gasteiger partial charge in [0.05, 0.1) is 29.6 Å². The first kappa shape index (κ1) is 27.1. The molecule has 1 saturated carbocycles. The molecule has 0 unspecified atom stereocenters. The van der Waals surface area contributed by atoms with Crippen LogP contribution in [0.5, 0.6) is 0 Å². The molecule has 1 fully saturated rings. The molecule has 8 heteroatoms. The Kier molecular flexibility index (Phi) is 7.45. The Morgan fingerprint density at radius 1 is 1.00 bits per heavy atom. The van der Waals surface area contributed by atoms with Crippen molar-refractivity contribution in [3.8, 4) is 0 Å². The number of rotatable bonds is 8. The van der Waals surface area contributed by atoms with Gasteiger partial charge in [0.1, 0.15) is 0 Å². The van der Waals surface area contributed by atoms with Gasteiger partial charge in [-0.1, -0.05) is 30.3 Å². The fraction of sp³-hybridized carbons (Fsp3) is 0.281. The minimum atomic E-state index is -0.456. The summed E-state index contributed by atoms with van der Waals surface area (Å²) in [6, 6.07) is 20.3. The molecule has 3 N–H and O–H groups in total. The van der Waals surface area contributed by atoms with Gasteiger partial charge in [-0.3, -0.25) is 9.59 Å². The topological polar surface area (TPSA) is 99.8 Å². The van der Waals surface area contributed by atoms with Gasteiger partial charge in [-0.15, -0.1) is 0 Å². The molecule has 2 aliphatic rings. The highest BCUT2D eigenvalue weighted by atomic mass is 16.5. The molecule has 1 heterocycles.